The molecule has 0 saturated heterocycles. The van der Waals surface area contributed by atoms with E-state index >= 15 is 0 Å². The van der Waals surface area contributed by atoms with E-state index in [2.05, 4.69) is 26.8 Å². The first-order valence-electron chi connectivity index (χ1n) is 12.1. The summed E-state index contributed by atoms with van der Waals surface area (Å²) in [5.41, 5.74) is 1.84. The summed E-state index contributed by atoms with van der Waals surface area (Å²) in [5, 5.41) is 0. The molecule has 0 unspecified atom stereocenters. The highest BCUT2D eigenvalue weighted by Crippen LogP contribution is 2.25. The number of rotatable bonds is 12. The summed E-state index contributed by atoms with van der Waals surface area (Å²) < 4.78 is 5.56. The highest BCUT2D eigenvalue weighted by molar-refractivity contribution is 6.03. The first-order valence-corrected chi connectivity index (χ1v) is 12.1. The Morgan fingerprint density at radius 3 is 2.30 bits per heavy atom. The van der Waals surface area contributed by atoms with Gasteiger partial charge in [0.05, 0.1) is 0 Å². The van der Waals surface area contributed by atoms with Gasteiger partial charge in [-0.1, -0.05) is 90.4 Å². The largest absolute Gasteiger partial charge is 0.461 e. The van der Waals surface area contributed by atoms with Gasteiger partial charge in [0.25, 0.3) is 0 Å². The summed E-state index contributed by atoms with van der Waals surface area (Å²) in [6.07, 6.45) is 22.1. The van der Waals surface area contributed by atoms with Gasteiger partial charge in [0, 0.05) is 6.42 Å². The van der Waals surface area contributed by atoms with E-state index in [0.29, 0.717) is 13.0 Å². The fourth-order valence-electron chi connectivity index (χ4n) is 3.54. The first kappa shape index (κ1) is 26.4. The van der Waals surface area contributed by atoms with Gasteiger partial charge in [0.2, 0.25) is 0 Å². The molecule has 0 atom stereocenters. The van der Waals surface area contributed by atoms with Crippen LogP contribution in [0.25, 0.3) is 0 Å². The Hall–Kier alpha value is -1.64. The lowest BCUT2D eigenvalue weighted by molar-refractivity contribution is -0.142. The molecule has 0 aliphatic heterocycles. The third-order valence-corrected chi connectivity index (χ3v) is 5.81. The standard InChI is InChI=1S/C27H44O3/c1-5-6-7-8-9-10-11-12-13-17-26(29)30-22-24-16-14-15-23(2)25(28)19-21-27(3,4)20-18-24/h15,18-19,21H,5-14,16-17,20,22H2,1-4H3/b21-19+,23-15+,24-18-. The van der Waals surface area contributed by atoms with E-state index in [1.54, 1.807) is 6.08 Å². The van der Waals surface area contributed by atoms with Crippen LogP contribution in [0.2, 0.25) is 0 Å². The number of ether oxygens (including phenoxy) is 1. The molecule has 0 amide bonds. The number of unbranched alkanes of at least 4 members (excludes halogenated alkanes) is 8. The van der Waals surface area contributed by atoms with Gasteiger partial charge in [-0.05, 0) is 55.2 Å². The van der Waals surface area contributed by atoms with Gasteiger partial charge in [0.1, 0.15) is 6.61 Å². The molecule has 1 aliphatic carbocycles. The van der Waals surface area contributed by atoms with Crippen molar-refractivity contribution >= 4 is 11.8 Å². The number of hydrogen-bond acceptors (Lipinski definition) is 3. The highest BCUT2D eigenvalue weighted by atomic mass is 16.5. The van der Waals surface area contributed by atoms with Crippen molar-refractivity contribution in [3.8, 4) is 0 Å². The molecule has 0 aromatic carbocycles. The third kappa shape index (κ3) is 12.8. The Kier molecular flexibility index (Phi) is 13.4. The van der Waals surface area contributed by atoms with Crippen molar-refractivity contribution in [3.63, 3.8) is 0 Å². The second-order valence-corrected chi connectivity index (χ2v) is 9.42. The van der Waals surface area contributed by atoms with Gasteiger partial charge in [-0.25, -0.2) is 0 Å². The maximum atomic E-state index is 12.1. The molecule has 3 heteroatoms. The topological polar surface area (TPSA) is 43.4 Å². The average molecular weight is 417 g/mol. The Labute approximate surface area is 185 Å². The lowest BCUT2D eigenvalue weighted by Gasteiger charge is -2.18. The molecule has 0 fully saturated rings. The Balaban J connectivity index is 2.33. The van der Waals surface area contributed by atoms with Crippen molar-refractivity contribution in [2.45, 2.75) is 111 Å². The van der Waals surface area contributed by atoms with Crippen LogP contribution in [0.1, 0.15) is 111 Å². The van der Waals surface area contributed by atoms with Gasteiger partial charge in [0.15, 0.2) is 5.78 Å². The summed E-state index contributed by atoms with van der Waals surface area (Å²) in [5.74, 6) is -0.00636. The zero-order valence-electron chi connectivity index (χ0n) is 19.9. The summed E-state index contributed by atoms with van der Waals surface area (Å²) in [6.45, 7) is 8.73. The fraction of sp³-hybridized carbons (Fsp3) is 0.704. The number of allylic oxidation sites excluding steroid dienone is 5. The van der Waals surface area contributed by atoms with Crippen molar-refractivity contribution in [2.75, 3.05) is 6.61 Å². The minimum atomic E-state index is -0.0912. The van der Waals surface area contributed by atoms with Crippen LogP contribution in [0.4, 0.5) is 0 Å². The minimum absolute atomic E-state index is 0.0823. The maximum Gasteiger partial charge on any atom is 0.306 e. The molecular formula is C27H44O3. The molecule has 0 saturated carbocycles. The summed E-state index contributed by atoms with van der Waals surface area (Å²) in [7, 11) is 0. The summed E-state index contributed by atoms with van der Waals surface area (Å²) >= 11 is 0. The fourth-order valence-corrected chi connectivity index (χ4v) is 3.54. The van der Waals surface area contributed by atoms with Crippen LogP contribution >= 0.6 is 0 Å². The van der Waals surface area contributed by atoms with E-state index in [9.17, 15) is 9.59 Å². The maximum absolute atomic E-state index is 12.1. The smallest absolute Gasteiger partial charge is 0.306 e. The quantitative estimate of drug-likeness (QED) is 0.186. The number of ketones is 1. The molecule has 0 radical (unpaired) electrons. The lowest BCUT2D eigenvalue weighted by atomic mass is 9.87. The van der Waals surface area contributed by atoms with Crippen molar-refractivity contribution in [2.24, 2.45) is 5.41 Å². The van der Waals surface area contributed by atoms with Crippen molar-refractivity contribution < 1.29 is 14.3 Å². The van der Waals surface area contributed by atoms with Crippen LogP contribution in [0.15, 0.2) is 35.5 Å². The lowest BCUT2D eigenvalue weighted by Crippen LogP contribution is -2.10. The molecule has 30 heavy (non-hydrogen) atoms. The Morgan fingerprint density at radius 2 is 1.63 bits per heavy atom. The van der Waals surface area contributed by atoms with Gasteiger partial charge in [-0.2, -0.15) is 0 Å². The third-order valence-electron chi connectivity index (χ3n) is 5.81. The van der Waals surface area contributed by atoms with Crippen LogP contribution in [-0.2, 0) is 14.3 Å². The van der Waals surface area contributed by atoms with Gasteiger partial charge >= 0.3 is 5.97 Å². The molecule has 0 heterocycles. The Bertz CT molecular complexity index is 608. The van der Waals surface area contributed by atoms with Crippen LogP contribution in [-0.4, -0.2) is 18.4 Å². The minimum Gasteiger partial charge on any atom is -0.461 e. The van der Waals surface area contributed by atoms with Crippen LogP contribution < -0.4 is 0 Å². The number of esters is 1. The van der Waals surface area contributed by atoms with Crippen molar-refractivity contribution in [3.05, 3.63) is 35.5 Å². The van der Waals surface area contributed by atoms with Gasteiger partial charge in [-0.15, -0.1) is 0 Å². The zero-order chi connectivity index (χ0) is 22.2. The molecule has 0 N–H and O–H groups in total. The van der Waals surface area contributed by atoms with E-state index < -0.39 is 0 Å². The molecule has 0 spiro atoms. The first-order chi connectivity index (χ1) is 14.3. The van der Waals surface area contributed by atoms with Gasteiger partial charge < -0.3 is 4.74 Å². The summed E-state index contributed by atoms with van der Waals surface area (Å²) in [4.78, 5) is 24.2. The van der Waals surface area contributed by atoms with E-state index in [1.807, 2.05) is 19.1 Å². The molecule has 170 valence electrons. The molecule has 0 aromatic heterocycles. The van der Waals surface area contributed by atoms with Crippen LogP contribution in [0.5, 0.6) is 0 Å². The number of hydrogen-bond donors (Lipinski definition) is 0. The predicted octanol–water partition coefficient (Wildman–Crippen LogP) is 7.66. The highest BCUT2D eigenvalue weighted by Gasteiger charge is 2.15. The van der Waals surface area contributed by atoms with E-state index in [4.69, 9.17) is 4.74 Å². The van der Waals surface area contributed by atoms with Crippen molar-refractivity contribution in [1.29, 1.82) is 0 Å². The molecular weight excluding hydrogens is 372 g/mol. The molecule has 1 rings (SSSR count). The van der Waals surface area contributed by atoms with Crippen molar-refractivity contribution in [1.82, 2.24) is 0 Å². The summed E-state index contributed by atoms with van der Waals surface area (Å²) in [6, 6.07) is 0. The monoisotopic (exact) mass is 416 g/mol. The van der Waals surface area contributed by atoms with E-state index in [1.165, 1.54) is 44.9 Å². The molecule has 1 aliphatic rings. The van der Waals surface area contributed by atoms with Gasteiger partial charge in [-0.3, -0.25) is 9.59 Å². The van der Waals surface area contributed by atoms with Crippen LogP contribution in [0, 0.1) is 5.41 Å². The molecule has 0 bridgehead atoms. The van der Waals surface area contributed by atoms with Crippen LogP contribution in [0.3, 0.4) is 0 Å². The number of carbonyl (C=O) groups excluding carboxylic acids is 2. The predicted molar refractivity (Wildman–Crippen MR) is 126 cm³/mol. The van der Waals surface area contributed by atoms with E-state index in [-0.39, 0.29) is 17.2 Å². The Morgan fingerprint density at radius 1 is 1.00 bits per heavy atom. The second-order valence-electron chi connectivity index (χ2n) is 9.42. The molecule has 3 nitrogen and oxygen atoms in total. The number of carbonyl (C=O) groups is 2. The molecule has 0 aromatic rings. The average Bonchev–Trinajstić information content (AvgIpc) is 2.73. The SMILES string of the molecule is CCCCCCCCCCCC(=O)OC/C1=C\CC(C)(C)/C=C/C(=O)/C(C)=C/CC1. The second kappa shape index (κ2) is 15.2. The normalized spacial score (nSPS) is 21.7. The zero-order valence-corrected chi connectivity index (χ0v) is 19.9. The van der Waals surface area contributed by atoms with E-state index in [0.717, 1.165) is 43.3 Å².